The van der Waals surface area contributed by atoms with Crippen LogP contribution in [-0.2, 0) is 16.2 Å². The molecule has 0 spiro atoms. The zero-order valence-corrected chi connectivity index (χ0v) is 19.4. The number of sulfonamides is 1. The summed E-state index contributed by atoms with van der Waals surface area (Å²) in [6.07, 6.45) is -4.49. The van der Waals surface area contributed by atoms with E-state index < -0.39 is 27.7 Å². The first kappa shape index (κ1) is 25.3. The Morgan fingerprint density at radius 3 is 2.15 bits per heavy atom. The lowest BCUT2D eigenvalue weighted by atomic mass is 10.1. The fourth-order valence-electron chi connectivity index (χ4n) is 3.34. The van der Waals surface area contributed by atoms with Gasteiger partial charge in [-0.15, -0.1) is 0 Å². The third-order valence-corrected chi connectivity index (χ3v) is 7.16. The lowest BCUT2D eigenvalue weighted by Crippen LogP contribution is -2.30. The van der Waals surface area contributed by atoms with Gasteiger partial charge in [-0.05, 0) is 54.6 Å². The van der Waals surface area contributed by atoms with Crippen LogP contribution in [-0.4, -0.2) is 31.7 Å². The quantitative estimate of drug-likeness (QED) is 0.422. The van der Waals surface area contributed by atoms with E-state index in [2.05, 4.69) is 10.6 Å². The summed E-state index contributed by atoms with van der Waals surface area (Å²) in [5.74, 6) is -0.505. The van der Waals surface area contributed by atoms with Crippen LogP contribution in [0.5, 0.6) is 0 Å². The van der Waals surface area contributed by atoms with Crippen molar-refractivity contribution >= 4 is 33.0 Å². The van der Waals surface area contributed by atoms with E-state index in [4.69, 9.17) is 0 Å². The Balaban J connectivity index is 1.79. The van der Waals surface area contributed by atoms with E-state index in [9.17, 15) is 26.4 Å². The van der Waals surface area contributed by atoms with E-state index >= 15 is 0 Å². The summed E-state index contributed by atoms with van der Waals surface area (Å²) in [5, 5.41) is 5.55. The predicted octanol–water partition coefficient (Wildman–Crippen LogP) is 5.73. The molecule has 0 aromatic heterocycles. The number of benzene rings is 3. The Hall–Kier alpha value is -3.37. The molecule has 0 aliphatic rings. The average molecular weight is 492 g/mol. The van der Waals surface area contributed by atoms with Crippen LogP contribution in [0.2, 0.25) is 0 Å². The second-order valence-corrected chi connectivity index (χ2v) is 9.25. The van der Waals surface area contributed by atoms with Crippen molar-refractivity contribution in [3.8, 4) is 0 Å². The molecule has 0 saturated heterocycles. The van der Waals surface area contributed by atoms with E-state index in [0.29, 0.717) is 24.5 Å². The van der Waals surface area contributed by atoms with Gasteiger partial charge in [-0.1, -0.05) is 32.0 Å². The number of hydrogen-bond donors (Lipinski definition) is 2. The van der Waals surface area contributed by atoms with Crippen LogP contribution in [0, 0.1) is 0 Å². The van der Waals surface area contributed by atoms with Crippen LogP contribution in [0.3, 0.4) is 0 Å². The summed E-state index contributed by atoms with van der Waals surface area (Å²) in [7, 11) is -3.62. The zero-order chi connectivity index (χ0) is 24.9. The maximum atomic E-state index is 13.0. The van der Waals surface area contributed by atoms with Gasteiger partial charge in [-0.3, -0.25) is 4.79 Å². The number of nitrogens with one attached hydrogen (secondary N) is 2. The Bertz CT molecular complexity index is 1260. The molecule has 0 atom stereocenters. The molecule has 0 saturated carbocycles. The SMILES string of the molecule is CCN(CC)S(=O)(=O)c1ccc(NC(=O)c2ccccc2Nc2cccc(C(F)(F)F)c2)cc1. The highest BCUT2D eigenvalue weighted by atomic mass is 32.2. The largest absolute Gasteiger partial charge is 0.416 e. The molecule has 0 bridgehead atoms. The second kappa shape index (κ2) is 10.3. The normalized spacial score (nSPS) is 11.9. The Morgan fingerprint density at radius 2 is 1.53 bits per heavy atom. The first-order valence-electron chi connectivity index (χ1n) is 10.5. The second-order valence-electron chi connectivity index (χ2n) is 7.32. The van der Waals surface area contributed by atoms with Crippen LogP contribution in [0.1, 0.15) is 29.8 Å². The van der Waals surface area contributed by atoms with Gasteiger partial charge in [0.25, 0.3) is 5.91 Å². The third-order valence-electron chi connectivity index (χ3n) is 5.10. The molecule has 0 heterocycles. The van der Waals surface area contributed by atoms with E-state index in [-0.39, 0.29) is 16.1 Å². The Morgan fingerprint density at radius 1 is 0.882 bits per heavy atom. The first-order chi connectivity index (χ1) is 16.1. The first-order valence-corrected chi connectivity index (χ1v) is 11.9. The molecule has 3 aromatic carbocycles. The van der Waals surface area contributed by atoms with Crippen molar-refractivity contribution in [2.45, 2.75) is 24.9 Å². The number of carbonyl (C=O) groups is 1. The van der Waals surface area contributed by atoms with Crippen LogP contribution in [0.4, 0.5) is 30.2 Å². The molecule has 6 nitrogen and oxygen atoms in total. The summed E-state index contributed by atoms with van der Waals surface area (Å²) in [5.41, 5.74) is 0.275. The van der Waals surface area contributed by atoms with Gasteiger partial charge < -0.3 is 10.6 Å². The smallest absolute Gasteiger partial charge is 0.355 e. The molecule has 0 radical (unpaired) electrons. The minimum absolute atomic E-state index is 0.112. The summed E-state index contributed by atoms with van der Waals surface area (Å²) in [6, 6.07) is 16.9. The molecular formula is C24H24F3N3O3S. The summed E-state index contributed by atoms with van der Waals surface area (Å²) in [4.78, 5) is 13.0. The highest BCUT2D eigenvalue weighted by Crippen LogP contribution is 2.32. The van der Waals surface area contributed by atoms with E-state index in [1.807, 2.05) is 0 Å². The molecule has 0 aliphatic heterocycles. The number of halogens is 3. The molecule has 180 valence electrons. The Kier molecular flexibility index (Phi) is 7.63. The summed E-state index contributed by atoms with van der Waals surface area (Å²) < 4.78 is 65.6. The topological polar surface area (TPSA) is 78.5 Å². The van der Waals surface area contributed by atoms with Crippen LogP contribution < -0.4 is 10.6 Å². The van der Waals surface area contributed by atoms with Gasteiger partial charge in [0.05, 0.1) is 21.7 Å². The Labute approximate surface area is 196 Å². The van der Waals surface area contributed by atoms with Crippen molar-refractivity contribution in [1.29, 1.82) is 0 Å². The number of hydrogen-bond acceptors (Lipinski definition) is 4. The van der Waals surface area contributed by atoms with Gasteiger partial charge >= 0.3 is 6.18 Å². The molecule has 0 fully saturated rings. The lowest BCUT2D eigenvalue weighted by Gasteiger charge is -2.18. The third kappa shape index (κ3) is 5.75. The van der Waals surface area contributed by atoms with Gasteiger partial charge in [-0.2, -0.15) is 17.5 Å². The molecule has 0 aliphatic carbocycles. The molecular weight excluding hydrogens is 467 g/mol. The maximum absolute atomic E-state index is 13.0. The van der Waals surface area contributed by atoms with Crippen LogP contribution in [0.25, 0.3) is 0 Å². The van der Waals surface area contributed by atoms with Crippen LogP contribution >= 0.6 is 0 Å². The number of carbonyl (C=O) groups excluding carboxylic acids is 1. The molecule has 2 N–H and O–H groups in total. The average Bonchev–Trinajstić information content (AvgIpc) is 2.80. The minimum atomic E-state index is -4.49. The number of amides is 1. The highest BCUT2D eigenvalue weighted by Gasteiger charge is 2.30. The van der Waals surface area contributed by atoms with Gasteiger partial charge in [-0.25, -0.2) is 8.42 Å². The molecule has 3 rings (SSSR count). The standard InChI is InChI=1S/C24H24F3N3O3S/c1-3-30(4-2)34(32,33)20-14-12-18(13-15-20)29-23(31)21-10-5-6-11-22(21)28-19-9-7-8-17(16-19)24(25,26)27/h5-16,28H,3-4H2,1-2H3,(H,29,31). The van der Waals surface area contributed by atoms with Gasteiger partial charge in [0.1, 0.15) is 0 Å². The maximum Gasteiger partial charge on any atom is 0.416 e. The fraction of sp³-hybridized carbons (Fsp3) is 0.208. The molecule has 34 heavy (non-hydrogen) atoms. The number of para-hydroxylation sites is 1. The van der Waals surface area contributed by atoms with Crippen molar-refractivity contribution in [3.05, 3.63) is 83.9 Å². The predicted molar refractivity (Wildman–Crippen MR) is 126 cm³/mol. The van der Waals surface area contributed by atoms with Crippen molar-refractivity contribution in [2.75, 3.05) is 23.7 Å². The molecule has 3 aromatic rings. The van der Waals surface area contributed by atoms with Crippen molar-refractivity contribution in [3.63, 3.8) is 0 Å². The monoisotopic (exact) mass is 491 g/mol. The fourth-order valence-corrected chi connectivity index (χ4v) is 4.80. The van der Waals surface area contributed by atoms with E-state index in [1.165, 1.54) is 46.8 Å². The summed E-state index contributed by atoms with van der Waals surface area (Å²) >= 11 is 0. The van der Waals surface area contributed by atoms with Gasteiger partial charge in [0.15, 0.2) is 0 Å². The number of alkyl halides is 3. The minimum Gasteiger partial charge on any atom is -0.355 e. The molecule has 0 unspecified atom stereocenters. The van der Waals surface area contributed by atoms with Gasteiger partial charge in [0.2, 0.25) is 10.0 Å². The van der Waals surface area contributed by atoms with E-state index in [1.54, 1.807) is 32.0 Å². The number of nitrogens with zero attached hydrogens (tertiary/aromatic N) is 1. The van der Waals surface area contributed by atoms with Crippen molar-refractivity contribution < 1.29 is 26.4 Å². The van der Waals surface area contributed by atoms with Crippen LogP contribution in [0.15, 0.2) is 77.7 Å². The van der Waals surface area contributed by atoms with E-state index in [0.717, 1.165) is 12.1 Å². The number of rotatable bonds is 8. The molecule has 10 heteroatoms. The van der Waals surface area contributed by atoms with Crippen molar-refractivity contribution in [1.82, 2.24) is 4.31 Å². The zero-order valence-electron chi connectivity index (χ0n) is 18.6. The molecule has 1 amide bonds. The van der Waals surface area contributed by atoms with Crippen molar-refractivity contribution in [2.24, 2.45) is 0 Å². The number of anilines is 3. The summed E-state index contributed by atoms with van der Waals surface area (Å²) in [6.45, 7) is 4.18. The lowest BCUT2D eigenvalue weighted by molar-refractivity contribution is -0.137. The highest BCUT2D eigenvalue weighted by molar-refractivity contribution is 7.89. The van der Waals surface area contributed by atoms with Gasteiger partial charge in [0, 0.05) is 24.5 Å².